The average molecular weight is 288 g/mol. The largest absolute Gasteiger partial charge is 0.369 e. The molecule has 0 unspecified atom stereocenters. The molecule has 0 bridgehead atoms. The lowest BCUT2D eigenvalue weighted by Gasteiger charge is -2.18. The van der Waals surface area contributed by atoms with Crippen LogP contribution >= 0.6 is 0 Å². The molecule has 0 saturated heterocycles. The Balaban J connectivity index is 2.41. The third-order valence-electron chi connectivity index (χ3n) is 3.92. The average Bonchev–Trinajstić information content (AvgIpc) is 2.80. The summed E-state index contributed by atoms with van der Waals surface area (Å²) in [6.07, 6.45) is 0.598. The number of nitrogens with two attached hydrogens (primary N) is 2. The van der Waals surface area contributed by atoms with Gasteiger partial charge < -0.3 is 16.5 Å². The van der Waals surface area contributed by atoms with Crippen molar-refractivity contribution in [2.24, 2.45) is 17.4 Å². The minimum absolute atomic E-state index is 0.0641. The summed E-state index contributed by atoms with van der Waals surface area (Å²) in [5, 5.41) is 0. The van der Waals surface area contributed by atoms with Crippen molar-refractivity contribution in [2.75, 3.05) is 0 Å². The Morgan fingerprint density at radius 2 is 2.05 bits per heavy atom. The molecule has 0 aliphatic carbocycles. The van der Waals surface area contributed by atoms with E-state index in [0.29, 0.717) is 12.2 Å². The molecule has 5 nitrogen and oxygen atoms in total. The fraction of sp³-hybridized carbons (Fsp3) is 0.500. The Hall–Kier alpha value is -1.88. The van der Waals surface area contributed by atoms with Crippen molar-refractivity contribution in [1.29, 1.82) is 0 Å². The molecular formula is C16H24N4O. The van der Waals surface area contributed by atoms with E-state index in [1.807, 2.05) is 13.0 Å². The van der Waals surface area contributed by atoms with Gasteiger partial charge in [-0.05, 0) is 29.5 Å². The van der Waals surface area contributed by atoms with Crippen LogP contribution in [-0.2, 0) is 10.2 Å². The first-order valence-corrected chi connectivity index (χ1v) is 7.29. The Morgan fingerprint density at radius 1 is 1.38 bits per heavy atom. The number of amides is 1. The number of benzene rings is 1. The summed E-state index contributed by atoms with van der Waals surface area (Å²) in [6, 6.07) is 5.65. The van der Waals surface area contributed by atoms with E-state index in [1.165, 1.54) is 5.56 Å². The van der Waals surface area contributed by atoms with Gasteiger partial charge in [-0.2, -0.15) is 0 Å². The number of primary amides is 1. The van der Waals surface area contributed by atoms with Gasteiger partial charge in [0.25, 0.3) is 0 Å². The molecule has 0 fully saturated rings. The summed E-state index contributed by atoms with van der Waals surface area (Å²) in [6.45, 7) is 8.38. The number of hydrogen-bond donors (Lipinski definition) is 3. The van der Waals surface area contributed by atoms with E-state index < -0.39 is 12.0 Å². The number of nitrogens with one attached hydrogen (secondary N) is 1. The van der Waals surface area contributed by atoms with Crippen molar-refractivity contribution >= 4 is 16.9 Å². The Morgan fingerprint density at radius 3 is 2.57 bits per heavy atom. The first-order valence-electron chi connectivity index (χ1n) is 7.29. The van der Waals surface area contributed by atoms with Crippen LogP contribution in [0.4, 0.5) is 0 Å². The molecule has 21 heavy (non-hydrogen) atoms. The fourth-order valence-electron chi connectivity index (χ4n) is 2.47. The van der Waals surface area contributed by atoms with Crippen LogP contribution in [0.25, 0.3) is 11.0 Å². The summed E-state index contributed by atoms with van der Waals surface area (Å²) in [7, 11) is 0. The monoisotopic (exact) mass is 288 g/mol. The normalized spacial score (nSPS) is 15.1. The molecule has 0 aliphatic rings. The zero-order chi connectivity index (χ0) is 15.8. The number of carbonyl (C=O) groups is 1. The number of aromatic amines is 1. The van der Waals surface area contributed by atoms with E-state index in [0.717, 1.165) is 11.0 Å². The second kappa shape index (κ2) is 5.48. The highest BCUT2D eigenvalue weighted by molar-refractivity contribution is 5.79. The Kier molecular flexibility index (Phi) is 4.05. The summed E-state index contributed by atoms with van der Waals surface area (Å²) < 4.78 is 0. The highest BCUT2D eigenvalue weighted by atomic mass is 16.1. The first-order chi connectivity index (χ1) is 9.74. The van der Waals surface area contributed by atoms with E-state index >= 15 is 0 Å². The molecule has 0 saturated carbocycles. The minimum Gasteiger partial charge on any atom is -0.369 e. The molecule has 1 heterocycles. The highest BCUT2D eigenvalue weighted by Crippen LogP contribution is 2.27. The van der Waals surface area contributed by atoms with Gasteiger partial charge in [-0.15, -0.1) is 0 Å². The topological polar surface area (TPSA) is 97.8 Å². The van der Waals surface area contributed by atoms with Crippen molar-refractivity contribution in [3.8, 4) is 0 Å². The van der Waals surface area contributed by atoms with Crippen molar-refractivity contribution in [2.45, 2.75) is 45.6 Å². The number of carbonyl (C=O) groups excluding carboxylic acids is 1. The third-order valence-corrected chi connectivity index (χ3v) is 3.92. The SMILES string of the molecule is CC[C@@H](C(N)=O)[C@H](N)c1nc2cc(C(C)(C)C)ccc2[nH]1. The molecule has 0 aliphatic heterocycles. The quantitative estimate of drug-likeness (QED) is 0.805. The zero-order valence-electron chi connectivity index (χ0n) is 13.1. The van der Waals surface area contributed by atoms with E-state index in [1.54, 1.807) is 0 Å². The van der Waals surface area contributed by atoms with Gasteiger partial charge in [-0.3, -0.25) is 4.79 Å². The molecule has 1 aromatic carbocycles. The van der Waals surface area contributed by atoms with Crippen molar-refractivity contribution in [1.82, 2.24) is 9.97 Å². The van der Waals surface area contributed by atoms with Gasteiger partial charge in [0.05, 0.1) is 23.0 Å². The molecule has 2 atom stereocenters. The summed E-state index contributed by atoms with van der Waals surface area (Å²) in [5.41, 5.74) is 14.6. The van der Waals surface area contributed by atoms with Gasteiger partial charge in [0.2, 0.25) is 5.91 Å². The fourth-order valence-corrected chi connectivity index (χ4v) is 2.47. The van der Waals surface area contributed by atoms with E-state index in [-0.39, 0.29) is 11.3 Å². The molecule has 114 valence electrons. The Bertz CT molecular complexity index is 654. The predicted octanol–water partition coefficient (Wildman–Crippen LogP) is 2.37. The molecule has 5 heteroatoms. The molecule has 0 radical (unpaired) electrons. The molecule has 5 N–H and O–H groups in total. The highest BCUT2D eigenvalue weighted by Gasteiger charge is 2.25. The zero-order valence-corrected chi connectivity index (χ0v) is 13.1. The van der Waals surface area contributed by atoms with Crippen LogP contribution in [0.1, 0.15) is 51.5 Å². The molecule has 2 aromatic rings. The van der Waals surface area contributed by atoms with Crippen LogP contribution in [0, 0.1) is 5.92 Å². The Labute approximate surface area is 125 Å². The second-order valence-corrected chi connectivity index (χ2v) is 6.55. The van der Waals surface area contributed by atoms with E-state index in [9.17, 15) is 4.79 Å². The van der Waals surface area contributed by atoms with Crippen LogP contribution in [0.15, 0.2) is 18.2 Å². The second-order valence-electron chi connectivity index (χ2n) is 6.55. The molecule has 2 rings (SSSR count). The summed E-state index contributed by atoms with van der Waals surface area (Å²) in [5.74, 6) is -0.185. The number of H-pyrrole nitrogens is 1. The molecule has 1 aromatic heterocycles. The molecule has 1 amide bonds. The number of fused-ring (bicyclic) bond motifs is 1. The first kappa shape index (κ1) is 15.5. The van der Waals surface area contributed by atoms with E-state index in [4.69, 9.17) is 11.5 Å². The van der Waals surface area contributed by atoms with Crippen LogP contribution in [-0.4, -0.2) is 15.9 Å². The standard InChI is InChI=1S/C16H24N4O/c1-5-10(14(18)21)13(17)15-19-11-7-6-9(16(2,3)4)8-12(11)20-15/h6-8,10,13H,5,17H2,1-4H3,(H2,18,21)(H,19,20)/t10-,13+/m1/s1. The number of imidazole rings is 1. The third kappa shape index (κ3) is 3.08. The van der Waals surface area contributed by atoms with Crippen LogP contribution in [0.3, 0.4) is 0 Å². The molecule has 0 spiro atoms. The van der Waals surface area contributed by atoms with Crippen molar-refractivity contribution in [3.63, 3.8) is 0 Å². The lowest BCUT2D eigenvalue weighted by atomic mass is 9.87. The number of hydrogen-bond acceptors (Lipinski definition) is 3. The van der Waals surface area contributed by atoms with Gasteiger partial charge in [-0.25, -0.2) is 4.98 Å². The molecular weight excluding hydrogens is 264 g/mol. The summed E-state index contributed by atoms with van der Waals surface area (Å²) >= 11 is 0. The lowest BCUT2D eigenvalue weighted by Crippen LogP contribution is -2.33. The minimum atomic E-state index is -0.502. The maximum absolute atomic E-state index is 11.4. The van der Waals surface area contributed by atoms with Gasteiger partial charge in [0.15, 0.2) is 0 Å². The van der Waals surface area contributed by atoms with Crippen LogP contribution < -0.4 is 11.5 Å². The van der Waals surface area contributed by atoms with Crippen LogP contribution in [0.2, 0.25) is 0 Å². The number of aromatic nitrogens is 2. The lowest BCUT2D eigenvalue weighted by molar-refractivity contribution is -0.122. The van der Waals surface area contributed by atoms with Gasteiger partial charge in [-0.1, -0.05) is 33.8 Å². The van der Waals surface area contributed by atoms with Crippen molar-refractivity contribution in [3.05, 3.63) is 29.6 Å². The number of nitrogens with zero attached hydrogens (tertiary/aromatic N) is 1. The number of rotatable bonds is 4. The smallest absolute Gasteiger partial charge is 0.222 e. The van der Waals surface area contributed by atoms with Gasteiger partial charge in [0.1, 0.15) is 5.82 Å². The summed E-state index contributed by atoms with van der Waals surface area (Å²) in [4.78, 5) is 19.2. The van der Waals surface area contributed by atoms with Crippen LogP contribution in [0.5, 0.6) is 0 Å². The van der Waals surface area contributed by atoms with E-state index in [2.05, 4.69) is 42.9 Å². The van der Waals surface area contributed by atoms with Gasteiger partial charge in [0, 0.05) is 0 Å². The van der Waals surface area contributed by atoms with Crippen molar-refractivity contribution < 1.29 is 4.79 Å². The predicted molar refractivity (Wildman–Crippen MR) is 84.7 cm³/mol. The maximum Gasteiger partial charge on any atom is 0.222 e. The maximum atomic E-state index is 11.4. The van der Waals surface area contributed by atoms with Gasteiger partial charge >= 0.3 is 0 Å².